The maximum atomic E-state index is 11.6. The number of fused-ring (bicyclic) bond motifs is 2. The van der Waals surface area contributed by atoms with Gasteiger partial charge in [-0.3, -0.25) is 14.6 Å². The fourth-order valence-corrected chi connectivity index (χ4v) is 4.58. The summed E-state index contributed by atoms with van der Waals surface area (Å²) in [5.74, 6) is 0. The zero-order valence-electron chi connectivity index (χ0n) is 16.9. The van der Waals surface area contributed by atoms with Gasteiger partial charge in [-0.25, -0.2) is 0 Å². The molecule has 0 aliphatic heterocycles. The minimum absolute atomic E-state index is 0.574. The molecule has 0 aliphatic rings. The fourth-order valence-electron chi connectivity index (χ4n) is 3.54. The predicted octanol–water partition coefficient (Wildman–Crippen LogP) is 5.51. The van der Waals surface area contributed by atoms with Crippen molar-refractivity contribution >= 4 is 51.0 Å². The lowest BCUT2D eigenvalue weighted by atomic mass is 10.0. The average Bonchev–Trinajstić information content (AvgIpc) is 2.79. The molecule has 0 atom stereocenters. The Balaban J connectivity index is 1.40. The summed E-state index contributed by atoms with van der Waals surface area (Å²) in [6, 6.07) is 17.7. The van der Waals surface area contributed by atoms with Crippen LogP contribution in [0.25, 0.3) is 32.9 Å². The number of benzene rings is 3. The van der Waals surface area contributed by atoms with Gasteiger partial charge in [0.05, 0.1) is 16.1 Å². The Morgan fingerprint density at radius 2 is 1.69 bits per heavy atom. The summed E-state index contributed by atoms with van der Waals surface area (Å²) in [4.78, 5) is 33.4. The van der Waals surface area contributed by atoms with Crippen LogP contribution in [0.5, 0.6) is 0 Å². The smallest absolute Gasteiger partial charge is 0.314 e. The summed E-state index contributed by atoms with van der Waals surface area (Å²) in [5, 5.41) is 2.83. The number of hydrogen-bond donors (Lipinski definition) is 3. The van der Waals surface area contributed by atoms with Crippen LogP contribution in [-0.4, -0.2) is 15.0 Å². The Bertz CT molecular complexity index is 1610. The summed E-state index contributed by atoms with van der Waals surface area (Å²) >= 11 is 8.01. The van der Waals surface area contributed by atoms with Gasteiger partial charge in [-0.05, 0) is 71.8 Å². The maximum absolute atomic E-state index is 11.6. The van der Waals surface area contributed by atoms with Gasteiger partial charge in [0.25, 0.3) is 0 Å². The third-order valence-corrected chi connectivity index (χ3v) is 6.53. The molecule has 5 aromatic rings. The number of rotatable bonds is 4. The Kier molecular flexibility index (Phi) is 5.20. The van der Waals surface area contributed by atoms with Crippen molar-refractivity contribution in [3.05, 3.63) is 98.3 Å². The molecule has 0 bridgehead atoms. The molecule has 2 aromatic heterocycles. The molecule has 158 valence electrons. The van der Waals surface area contributed by atoms with Crippen LogP contribution in [0, 0.1) is 6.92 Å². The number of halogens is 1. The predicted molar refractivity (Wildman–Crippen MR) is 132 cm³/mol. The van der Waals surface area contributed by atoms with E-state index in [1.807, 2.05) is 61.7 Å². The Labute approximate surface area is 191 Å². The molecule has 0 unspecified atom stereocenters. The topological polar surface area (TPSA) is 90.6 Å². The van der Waals surface area contributed by atoms with Crippen molar-refractivity contribution in [2.75, 3.05) is 4.72 Å². The van der Waals surface area contributed by atoms with Crippen molar-refractivity contribution in [1.82, 2.24) is 15.0 Å². The van der Waals surface area contributed by atoms with Gasteiger partial charge < -0.3 is 14.7 Å². The molecule has 6 nitrogen and oxygen atoms in total. The summed E-state index contributed by atoms with van der Waals surface area (Å²) in [7, 11) is 0. The summed E-state index contributed by atoms with van der Waals surface area (Å²) in [5.41, 5.74) is 3.64. The summed E-state index contributed by atoms with van der Waals surface area (Å²) < 4.78 is 3.30. The van der Waals surface area contributed by atoms with Crippen molar-refractivity contribution in [3.63, 3.8) is 0 Å². The molecule has 0 spiro atoms. The largest absolute Gasteiger partial charge is 0.326 e. The van der Waals surface area contributed by atoms with Gasteiger partial charge in [-0.15, -0.1) is 0 Å². The number of aryl methyl sites for hydroxylation is 1. The molecule has 0 amide bonds. The number of pyridine rings is 1. The van der Waals surface area contributed by atoms with E-state index in [4.69, 9.17) is 11.6 Å². The molecule has 32 heavy (non-hydrogen) atoms. The van der Waals surface area contributed by atoms with Crippen LogP contribution in [0.3, 0.4) is 0 Å². The SMILES string of the molecule is Cc1cc2[nH]c(=O)c(=O)[nH]c2cc1SNc1ccc(-c2ccc3cnccc3c2)c(Cl)c1. The Hall–Kier alpha value is -3.55. The molecule has 0 aliphatic carbocycles. The monoisotopic (exact) mass is 460 g/mol. The standard InChI is InChI=1S/C24H17ClN4O2S/c1-13-8-20-21(28-24(31)23(30)27-20)11-22(13)32-29-17-4-5-18(19(25)10-17)15-2-3-16-12-26-7-6-14(16)9-15/h2-12,29H,1H3,(H,27,30)(H,28,31). The molecule has 5 rings (SSSR count). The zero-order chi connectivity index (χ0) is 22.2. The highest BCUT2D eigenvalue weighted by Gasteiger charge is 2.09. The molecule has 0 fully saturated rings. The number of H-pyrrole nitrogens is 2. The van der Waals surface area contributed by atoms with Gasteiger partial charge in [0.2, 0.25) is 0 Å². The van der Waals surface area contributed by atoms with E-state index >= 15 is 0 Å². The van der Waals surface area contributed by atoms with Crippen molar-refractivity contribution in [1.29, 1.82) is 0 Å². The molecule has 0 radical (unpaired) electrons. The second-order valence-electron chi connectivity index (χ2n) is 7.41. The maximum Gasteiger partial charge on any atom is 0.314 e. The van der Waals surface area contributed by atoms with E-state index in [9.17, 15) is 9.59 Å². The van der Waals surface area contributed by atoms with Gasteiger partial charge in [0.1, 0.15) is 0 Å². The van der Waals surface area contributed by atoms with Crippen molar-refractivity contribution in [3.8, 4) is 11.1 Å². The molecular weight excluding hydrogens is 444 g/mol. The lowest BCUT2D eigenvalue weighted by Crippen LogP contribution is -2.28. The number of nitrogens with zero attached hydrogens (tertiary/aromatic N) is 1. The van der Waals surface area contributed by atoms with E-state index < -0.39 is 11.1 Å². The number of anilines is 1. The third-order valence-electron chi connectivity index (χ3n) is 5.22. The first kappa shape index (κ1) is 20.4. The van der Waals surface area contributed by atoms with Crippen LogP contribution in [0.2, 0.25) is 5.02 Å². The molecule has 3 aromatic carbocycles. The first-order valence-corrected chi connectivity index (χ1v) is 11.0. The van der Waals surface area contributed by atoms with Crippen molar-refractivity contribution < 1.29 is 0 Å². The lowest BCUT2D eigenvalue weighted by molar-refractivity contribution is 1.13. The van der Waals surface area contributed by atoms with E-state index in [1.54, 1.807) is 6.20 Å². The Morgan fingerprint density at radius 1 is 0.906 bits per heavy atom. The van der Waals surface area contributed by atoms with E-state index in [1.165, 1.54) is 11.9 Å². The van der Waals surface area contributed by atoms with Gasteiger partial charge in [-0.2, -0.15) is 0 Å². The molecule has 8 heteroatoms. The molecule has 2 heterocycles. The normalized spacial score (nSPS) is 11.2. The van der Waals surface area contributed by atoms with Crippen LogP contribution in [-0.2, 0) is 0 Å². The van der Waals surface area contributed by atoms with Crippen LogP contribution < -0.4 is 15.8 Å². The highest BCUT2D eigenvalue weighted by atomic mass is 35.5. The highest BCUT2D eigenvalue weighted by Crippen LogP contribution is 2.34. The van der Waals surface area contributed by atoms with Gasteiger partial charge in [0, 0.05) is 33.9 Å². The third kappa shape index (κ3) is 3.88. The van der Waals surface area contributed by atoms with E-state index in [0.717, 1.165) is 38.0 Å². The highest BCUT2D eigenvalue weighted by molar-refractivity contribution is 8.00. The molecule has 0 saturated carbocycles. The Morgan fingerprint density at radius 3 is 2.47 bits per heavy atom. The van der Waals surface area contributed by atoms with E-state index in [0.29, 0.717) is 16.1 Å². The van der Waals surface area contributed by atoms with Crippen LogP contribution in [0.15, 0.2) is 81.5 Å². The first-order chi connectivity index (χ1) is 15.5. The van der Waals surface area contributed by atoms with E-state index in [2.05, 4.69) is 25.7 Å². The second kappa shape index (κ2) is 8.18. The first-order valence-electron chi connectivity index (χ1n) is 9.81. The summed E-state index contributed by atoms with van der Waals surface area (Å²) in [6.07, 6.45) is 3.62. The molecule has 3 N–H and O–H groups in total. The number of nitrogens with one attached hydrogen (secondary N) is 3. The number of aromatic amines is 2. The van der Waals surface area contributed by atoms with Crippen LogP contribution >= 0.6 is 23.5 Å². The van der Waals surface area contributed by atoms with Crippen molar-refractivity contribution in [2.24, 2.45) is 0 Å². The molecular formula is C24H17ClN4O2S. The average molecular weight is 461 g/mol. The number of aromatic nitrogens is 3. The lowest BCUT2D eigenvalue weighted by Gasteiger charge is -2.12. The van der Waals surface area contributed by atoms with Crippen LogP contribution in [0.1, 0.15) is 5.56 Å². The van der Waals surface area contributed by atoms with Gasteiger partial charge in [0.15, 0.2) is 0 Å². The minimum atomic E-state index is -0.669. The zero-order valence-corrected chi connectivity index (χ0v) is 18.5. The van der Waals surface area contributed by atoms with Gasteiger partial charge >= 0.3 is 11.1 Å². The van der Waals surface area contributed by atoms with Gasteiger partial charge in [-0.1, -0.05) is 29.8 Å². The number of hydrogen-bond acceptors (Lipinski definition) is 5. The second-order valence-corrected chi connectivity index (χ2v) is 8.66. The minimum Gasteiger partial charge on any atom is -0.326 e. The van der Waals surface area contributed by atoms with Crippen molar-refractivity contribution in [2.45, 2.75) is 11.8 Å². The fraction of sp³-hybridized carbons (Fsp3) is 0.0417. The quantitative estimate of drug-likeness (QED) is 0.243. The summed E-state index contributed by atoms with van der Waals surface area (Å²) in [6.45, 7) is 1.94. The van der Waals surface area contributed by atoms with Crippen LogP contribution in [0.4, 0.5) is 5.69 Å². The molecule has 0 saturated heterocycles. The van der Waals surface area contributed by atoms with E-state index in [-0.39, 0.29) is 0 Å².